The van der Waals surface area contributed by atoms with Crippen molar-refractivity contribution in [3.63, 3.8) is 0 Å². The van der Waals surface area contributed by atoms with Crippen LogP contribution in [-0.2, 0) is 10.8 Å². The summed E-state index contributed by atoms with van der Waals surface area (Å²) in [6, 6.07) is 0.302. The molecule has 1 saturated heterocycles. The second-order valence-corrected chi connectivity index (χ2v) is 10.7. The molecule has 0 radical (unpaired) electrons. The summed E-state index contributed by atoms with van der Waals surface area (Å²) < 4.78 is 17.9. The molecule has 1 saturated carbocycles. The van der Waals surface area contributed by atoms with Gasteiger partial charge in [-0.25, -0.2) is 15.0 Å². The fourth-order valence-corrected chi connectivity index (χ4v) is 5.90. The highest BCUT2D eigenvalue weighted by molar-refractivity contribution is 7.85. The standard InChI is InChI=1S/C23H34N4O3S/c1-3-4-15(2)26-23-25-14-20-21(27-23)19(16-5-7-17(28)8-6-16)13-24-22(20)30-18-9-11-31(29)12-10-18/h13-18,28H,3-12H2,1-2H3,(H,25,26,27). The molecular weight excluding hydrogens is 412 g/mol. The van der Waals surface area contributed by atoms with Crippen LogP contribution in [0, 0.1) is 0 Å². The minimum Gasteiger partial charge on any atom is -0.474 e. The van der Waals surface area contributed by atoms with Crippen molar-refractivity contribution >= 4 is 27.7 Å². The zero-order chi connectivity index (χ0) is 21.8. The molecule has 2 N–H and O–H groups in total. The van der Waals surface area contributed by atoms with Gasteiger partial charge in [0.05, 0.1) is 17.0 Å². The molecule has 1 aliphatic carbocycles. The van der Waals surface area contributed by atoms with Crippen LogP contribution >= 0.6 is 0 Å². The lowest BCUT2D eigenvalue weighted by Crippen LogP contribution is -2.28. The number of ether oxygens (including phenoxy) is 1. The molecule has 8 heteroatoms. The Morgan fingerprint density at radius 3 is 2.61 bits per heavy atom. The largest absolute Gasteiger partial charge is 0.474 e. The highest BCUT2D eigenvalue weighted by Crippen LogP contribution is 2.38. The molecule has 7 nitrogen and oxygen atoms in total. The summed E-state index contributed by atoms with van der Waals surface area (Å²) in [6.07, 6.45) is 10.8. The Kier molecular flexibility index (Phi) is 7.38. The van der Waals surface area contributed by atoms with Gasteiger partial charge in [-0.2, -0.15) is 0 Å². The third-order valence-electron chi connectivity index (χ3n) is 6.46. The average Bonchev–Trinajstić information content (AvgIpc) is 2.76. The van der Waals surface area contributed by atoms with Crippen molar-refractivity contribution in [3.05, 3.63) is 18.0 Å². The van der Waals surface area contributed by atoms with Gasteiger partial charge in [0.1, 0.15) is 6.10 Å². The molecular formula is C23H34N4O3S. The van der Waals surface area contributed by atoms with E-state index in [2.05, 4.69) is 29.1 Å². The van der Waals surface area contributed by atoms with Crippen LogP contribution in [0.15, 0.2) is 12.4 Å². The SMILES string of the molecule is CCCC(C)Nc1ncc2c(OC3CCS(=O)CC3)ncc(C3CCC(O)CC3)c2n1. The highest BCUT2D eigenvalue weighted by Gasteiger charge is 2.26. The zero-order valence-electron chi connectivity index (χ0n) is 18.5. The Balaban J connectivity index is 1.65. The van der Waals surface area contributed by atoms with E-state index >= 15 is 0 Å². The molecule has 1 atom stereocenters. The van der Waals surface area contributed by atoms with Gasteiger partial charge in [-0.15, -0.1) is 0 Å². The predicted octanol–water partition coefficient (Wildman–Crippen LogP) is 3.93. The molecule has 170 valence electrons. The van der Waals surface area contributed by atoms with Crippen molar-refractivity contribution < 1.29 is 14.1 Å². The molecule has 4 rings (SSSR count). The Morgan fingerprint density at radius 1 is 1.16 bits per heavy atom. The van der Waals surface area contributed by atoms with Crippen molar-refractivity contribution in [2.24, 2.45) is 0 Å². The van der Waals surface area contributed by atoms with Gasteiger partial charge in [0.15, 0.2) is 0 Å². The highest BCUT2D eigenvalue weighted by atomic mass is 32.2. The summed E-state index contributed by atoms with van der Waals surface area (Å²) >= 11 is 0. The van der Waals surface area contributed by atoms with E-state index in [1.54, 1.807) is 0 Å². The van der Waals surface area contributed by atoms with Crippen molar-refractivity contribution in [2.45, 2.75) is 89.4 Å². The van der Waals surface area contributed by atoms with Gasteiger partial charge in [0, 0.05) is 46.3 Å². The van der Waals surface area contributed by atoms with Gasteiger partial charge in [-0.3, -0.25) is 4.21 Å². The number of anilines is 1. The van der Waals surface area contributed by atoms with Gasteiger partial charge in [-0.05, 0) is 57.8 Å². The number of hydrogen-bond acceptors (Lipinski definition) is 7. The number of nitrogens with one attached hydrogen (secondary N) is 1. The van der Waals surface area contributed by atoms with Crippen LogP contribution in [0.3, 0.4) is 0 Å². The summed E-state index contributed by atoms with van der Waals surface area (Å²) in [6.45, 7) is 4.32. The quantitative estimate of drug-likeness (QED) is 0.665. The number of rotatable bonds is 7. The topological polar surface area (TPSA) is 97.2 Å². The van der Waals surface area contributed by atoms with E-state index in [0.29, 0.717) is 35.3 Å². The molecule has 2 fully saturated rings. The third-order valence-corrected chi connectivity index (χ3v) is 7.84. The number of pyridine rings is 1. The summed E-state index contributed by atoms with van der Waals surface area (Å²) in [5.74, 6) is 2.91. The molecule has 31 heavy (non-hydrogen) atoms. The van der Waals surface area contributed by atoms with Crippen LogP contribution in [-0.4, -0.2) is 54.0 Å². The summed E-state index contributed by atoms with van der Waals surface area (Å²) in [4.78, 5) is 14.1. The predicted molar refractivity (Wildman–Crippen MR) is 124 cm³/mol. The van der Waals surface area contributed by atoms with Crippen molar-refractivity contribution in [1.82, 2.24) is 15.0 Å². The maximum Gasteiger partial charge on any atom is 0.224 e. The summed E-state index contributed by atoms with van der Waals surface area (Å²) in [7, 11) is -0.721. The summed E-state index contributed by atoms with van der Waals surface area (Å²) in [5, 5.41) is 14.2. The minimum atomic E-state index is -0.721. The number of aliphatic hydroxyl groups is 1. The Labute approximate surface area is 186 Å². The molecule has 0 spiro atoms. The fourth-order valence-electron chi connectivity index (χ4n) is 4.64. The number of aliphatic hydroxyl groups excluding tert-OH is 1. The van der Waals surface area contributed by atoms with E-state index in [-0.39, 0.29) is 12.2 Å². The number of fused-ring (bicyclic) bond motifs is 1. The lowest BCUT2D eigenvalue weighted by atomic mass is 9.83. The molecule has 1 aliphatic heterocycles. The van der Waals surface area contributed by atoms with Gasteiger partial charge in [0.2, 0.25) is 11.8 Å². The fraction of sp³-hybridized carbons (Fsp3) is 0.696. The zero-order valence-corrected chi connectivity index (χ0v) is 19.4. The van der Waals surface area contributed by atoms with Crippen LogP contribution in [0.5, 0.6) is 5.88 Å². The van der Waals surface area contributed by atoms with Crippen LogP contribution in [0.25, 0.3) is 10.9 Å². The second-order valence-electron chi connectivity index (χ2n) is 8.98. The number of hydrogen-bond donors (Lipinski definition) is 2. The minimum absolute atomic E-state index is 0.0338. The molecule has 1 unspecified atom stereocenters. The Bertz CT molecular complexity index is 907. The first-order chi connectivity index (χ1) is 15.0. The molecule has 2 aromatic rings. The van der Waals surface area contributed by atoms with E-state index in [0.717, 1.165) is 67.8 Å². The van der Waals surface area contributed by atoms with Crippen molar-refractivity contribution in [3.8, 4) is 5.88 Å². The van der Waals surface area contributed by atoms with Gasteiger partial charge < -0.3 is 15.2 Å². The average molecular weight is 447 g/mol. The number of aromatic nitrogens is 3. The molecule has 0 amide bonds. The summed E-state index contributed by atoms with van der Waals surface area (Å²) in [5.41, 5.74) is 2.01. The van der Waals surface area contributed by atoms with Gasteiger partial charge >= 0.3 is 0 Å². The van der Waals surface area contributed by atoms with E-state index in [9.17, 15) is 9.32 Å². The van der Waals surface area contributed by atoms with Crippen molar-refractivity contribution in [2.75, 3.05) is 16.8 Å². The maximum atomic E-state index is 11.7. The maximum absolute atomic E-state index is 11.7. The molecule has 2 aliphatic rings. The van der Waals surface area contributed by atoms with Crippen LogP contribution in [0.4, 0.5) is 5.95 Å². The lowest BCUT2D eigenvalue weighted by molar-refractivity contribution is 0.122. The lowest BCUT2D eigenvalue weighted by Gasteiger charge is -2.27. The normalized spacial score (nSPS) is 27.7. The second kappa shape index (κ2) is 10.2. The van der Waals surface area contributed by atoms with Gasteiger partial charge in [-0.1, -0.05) is 13.3 Å². The van der Waals surface area contributed by atoms with E-state index in [4.69, 9.17) is 9.72 Å². The first-order valence-corrected chi connectivity index (χ1v) is 13.1. The van der Waals surface area contributed by atoms with Crippen LogP contribution in [0.2, 0.25) is 0 Å². The van der Waals surface area contributed by atoms with Crippen LogP contribution in [0.1, 0.15) is 76.7 Å². The molecule has 2 aromatic heterocycles. The van der Waals surface area contributed by atoms with Crippen molar-refractivity contribution in [1.29, 1.82) is 0 Å². The van der Waals surface area contributed by atoms with E-state index in [1.165, 1.54) is 0 Å². The Morgan fingerprint density at radius 2 is 1.90 bits per heavy atom. The third kappa shape index (κ3) is 5.52. The first kappa shape index (κ1) is 22.4. The first-order valence-electron chi connectivity index (χ1n) is 11.6. The molecule has 0 aromatic carbocycles. The van der Waals surface area contributed by atoms with E-state index < -0.39 is 10.8 Å². The Hall–Kier alpha value is -1.80. The van der Waals surface area contributed by atoms with E-state index in [1.807, 2.05) is 12.4 Å². The van der Waals surface area contributed by atoms with Crippen LogP contribution < -0.4 is 10.1 Å². The monoisotopic (exact) mass is 446 g/mol. The molecule has 3 heterocycles. The van der Waals surface area contributed by atoms with Gasteiger partial charge in [0.25, 0.3) is 0 Å². The number of nitrogens with zero attached hydrogens (tertiary/aromatic N) is 3. The smallest absolute Gasteiger partial charge is 0.224 e. The molecule has 0 bridgehead atoms.